The van der Waals surface area contributed by atoms with E-state index in [2.05, 4.69) is 5.32 Å². The molecule has 0 spiro atoms. The maximum atomic E-state index is 10.9. The van der Waals surface area contributed by atoms with Crippen LogP contribution in [0.5, 0.6) is 0 Å². The molecule has 1 saturated carbocycles. The molecular formula is C14H21N3O3. The average molecular weight is 279 g/mol. The van der Waals surface area contributed by atoms with Crippen LogP contribution in [0.1, 0.15) is 12.8 Å². The van der Waals surface area contributed by atoms with Gasteiger partial charge in [-0.2, -0.15) is 0 Å². The molecule has 6 nitrogen and oxygen atoms in total. The van der Waals surface area contributed by atoms with Gasteiger partial charge in [-0.3, -0.25) is 10.1 Å². The molecule has 110 valence electrons. The van der Waals surface area contributed by atoms with Crippen molar-refractivity contribution in [3.63, 3.8) is 0 Å². The minimum atomic E-state index is -0.373. The first-order chi connectivity index (χ1) is 9.60. The Morgan fingerprint density at radius 1 is 1.45 bits per heavy atom. The summed E-state index contributed by atoms with van der Waals surface area (Å²) in [6.07, 6.45) is 2.57. The van der Waals surface area contributed by atoms with Crippen LogP contribution in [0.2, 0.25) is 0 Å². The number of ether oxygens (including phenoxy) is 1. The summed E-state index contributed by atoms with van der Waals surface area (Å²) in [6.45, 7) is 2.20. The van der Waals surface area contributed by atoms with Gasteiger partial charge in [0.05, 0.1) is 11.5 Å². The van der Waals surface area contributed by atoms with Gasteiger partial charge in [-0.1, -0.05) is 0 Å². The molecule has 1 aromatic carbocycles. The highest BCUT2D eigenvalue weighted by Gasteiger charge is 2.21. The largest absolute Gasteiger partial charge is 0.388 e. The number of anilines is 2. The molecule has 1 aliphatic rings. The van der Waals surface area contributed by atoms with Crippen LogP contribution in [-0.4, -0.2) is 38.8 Å². The molecular weight excluding hydrogens is 258 g/mol. The van der Waals surface area contributed by atoms with Crippen LogP contribution in [-0.2, 0) is 4.74 Å². The molecule has 6 heteroatoms. The van der Waals surface area contributed by atoms with E-state index in [1.165, 1.54) is 18.9 Å². The molecule has 0 radical (unpaired) electrons. The zero-order chi connectivity index (χ0) is 14.5. The van der Waals surface area contributed by atoms with E-state index in [9.17, 15) is 10.1 Å². The summed E-state index contributed by atoms with van der Waals surface area (Å²) in [7, 11) is 3.67. The van der Waals surface area contributed by atoms with Gasteiger partial charge < -0.3 is 15.0 Å². The zero-order valence-corrected chi connectivity index (χ0v) is 12.0. The van der Waals surface area contributed by atoms with Crippen molar-refractivity contribution in [2.45, 2.75) is 12.8 Å². The van der Waals surface area contributed by atoms with Crippen molar-refractivity contribution in [1.82, 2.24) is 0 Å². The molecule has 1 fully saturated rings. The second-order valence-electron chi connectivity index (χ2n) is 5.19. The van der Waals surface area contributed by atoms with Gasteiger partial charge in [0.1, 0.15) is 0 Å². The van der Waals surface area contributed by atoms with Crippen LogP contribution in [0.15, 0.2) is 18.2 Å². The van der Waals surface area contributed by atoms with Crippen molar-refractivity contribution in [2.24, 2.45) is 5.92 Å². The molecule has 1 N–H and O–H groups in total. The van der Waals surface area contributed by atoms with E-state index in [1.54, 1.807) is 13.1 Å². The van der Waals surface area contributed by atoms with Crippen molar-refractivity contribution < 1.29 is 9.66 Å². The lowest BCUT2D eigenvalue weighted by Crippen LogP contribution is -2.23. The summed E-state index contributed by atoms with van der Waals surface area (Å²) in [5, 5.41) is 13.9. The molecule has 0 heterocycles. The molecule has 0 bridgehead atoms. The number of nitro groups is 1. The summed E-state index contributed by atoms with van der Waals surface area (Å²) >= 11 is 0. The van der Waals surface area contributed by atoms with E-state index in [4.69, 9.17) is 4.74 Å². The lowest BCUT2D eigenvalue weighted by Gasteiger charge is -2.20. The standard InChI is InChI=1S/C14H21N3O3/c1-15-12-7-13(9-14(8-12)17(18)19)16(2)5-6-20-10-11-3-4-11/h7-9,11,15H,3-6,10H2,1-2H3. The van der Waals surface area contributed by atoms with Gasteiger partial charge in [0.15, 0.2) is 0 Å². The molecule has 0 unspecified atom stereocenters. The molecule has 20 heavy (non-hydrogen) atoms. The topological polar surface area (TPSA) is 67.6 Å². The number of rotatable bonds is 8. The van der Waals surface area contributed by atoms with Gasteiger partial charge in [0.25, 0.3) is 5.69 Å². The summed E-state index contributed by atoms with van der Waals surface area (Å²) < 4.78 is 5.59. The third kappa shape index (κ3) is 4.09. The van der Waals surface area contributed by atoms with Gasteiger partial charge in [0.2, 0.25) is 0 Å². The minimum Gasteiger partial charge on any atom is -0.388 e. The maximum Gasteiger partial charge on any atom is 0.273 e. The van der Waals surface area contributed by atoms with Crippen LogP contribution in [0.25, 0.3) is 0 Å². The summed E-state index contributed by atoms with van der Waals surface area (Å²) in [5.74, 6) is 0.758. The maximum absolute atomic E-state index is 10.9. The Labute approximate surface area is 118 Å². The third-order valence-corrected chi connectivity index (χ3v) is 3.46. The summed E-state index contributed by atoms with van der Waals surface area (Å²) in [4.78, 5) is 12.5. The van der Waals surface area contributed by atoms with Crippen molar-refractivity contribution in [3.05, 3.63) is 28.3 Å². The predicted molar refractivity (Wildman–Crippen MR) is 79.5 cm³/mol. The van der Waals surface area contributed by atoms with E-state index in [-0.39, 0.29) is 10.6 Å². The first-order valence-corrected chi connectivity index (χ1v) is 6.86. The molecule has 2 rings (SSSR count). The Morgan fingerprint density at radius 3 is 2.80 bits per heavy atom. The first kappa shape index (κ1) is 14.6. The number of nitro benzene ring substituents is 1. The molecule has 1 aliphatic carbocycles. The van der Waals surface area contributed by atoms with Crippen LogP contribution >= 0.6 is 0 Å². The van der Waals surface area contributed by atoms with Crippen LogP contribution in [0.4, 0.5) is 17.1 Å². The Balaban J connectivity index is 1.94. The minimum absolute atomic E-state index is 0.0950. The van der Waals surface area contributed by atoms with Crippen molar-refractivity contribution in [3.8, 4) is 0 Å². The average Bonchev–Trinajstić information content (AvgIpc) is 3.26. The second-order valence-corrected chi connectivity index (χ2v) is 5.19. The number of likely N-dealkylation sites (N-methyl/N-ethyl adjacent to an activating group) is 1. The van der Waals surface area contributed by atoms with Gasteiger partial charge in [-0.15, -0.1) is 0 Å². The second kappa shape index (κ2) is 6.56. The Kier molecular flexibility index (Phi) is 4.79. The smallest absolute Gasteiger partial charge is 0.273 e. The number of hydrogen-bond donors (Lipinski definition) is 1. The predicted octanol–water partition coefficient (Wildman–Crippen LogP) is 2.50. The normalized spacial score (nSPS) is 14.1. The SMILES string of the molecule is CNc1cc(N(C)CCOCC2CC2)cc([N+](=O)[O-])c1. The number of nitrogens with zero attached hydrogens (tertiary/aromatic N) is 2. The fourth-order valence-corrected chi connectivity index (χ4v) is 1.93. The Morgan fingerprint density at radius 2 is 2.20 bits per heavy atom. The fraction of sp³-hybridized carbons (Fsp3) is 0.571. The van der Waals surface area contributed by atoms with Crippen LogP contribution in [0, 0.1) is 16.0 Å². The van der Waals surface area contributed by atoms with E-state index < -0.39 is 0 Å². The lowest BCUT2D eigenvalue weighted by molar-refractivity contribution is -0.384. The molecule has 0 atom stereocenters. The molecule has 0 aliphatic heterocycles. The number of non-ortho nitro benzene ring substituents is 1. The van der Waals surface area contributed by atoms with Crippen LogP contribution < -0.4 is 10.2 Å². The van der Waals surface area contributed by atoms with Gasteiger partial charge >= 0.3 is 0 Å². The van der Waals surface area contributed by atoms with E-state index in [1.807, 2.05) is 18.0 Å². The van der Waals surface area contributed by atoms with Gasteiger partial charge in [-0.05, 0) is 24.8 Å². The Bertz CT molecular complexity index is 475. The molecule has 0 amide bonds. The van der Waals surface area contributed by atoms with Crippen molar-refractivity contribution in [2.75, 3.05) is 44.1 Å². The molecule has 1 aromatic rings. The van der Waals surface area contributed by atoms with E-state index in [0.29, 0.717) is 6.61 Å². The number of nitrogens with one attached hydrogen (secondary N) is 1. The molecule has 0 aromatic heterocycles. The van der Waals surface area contributed by atoms with Crippen LogP contribution in [0.3, 0.4) is 0 Å². The zero-order valence-electron chi connectivity index (χ0n) is 12.0. The van der Waals surface area contributed by atoms with Crippen molar-refractivity contribution >= 4 is 17.1 Å². The summed E-state index contributed by atoms with van der Waals surface area (Å²) in [5.41, 5.74) is 1.65. The van der Waals surface area contributed by atoms with Crippen molar-refractivity contribution in [1.29, 1.82) is 0 Å². The highest BCUT2D eigenvalue weighted by Crippen LogP contribution is 2.29. The Hall–Kier alpha value is -1.82. The quantitative estimate of drug-likeness (QED) is 0.450. The fourth-order valence-electron chi connectivity index (χ4n) is 1.93. The number of hydrogen-bond acceptors (Lipinski definition) is 5. The van der Waals surface area contributed by atoms with E-state index in [0.717, 1.165) is 30.4 Å². The monoisotopic (exact) mass is 279 g/mol. The number of benzene rings is 1. The van der Waals surface area contributed by atoms with Gasteiger partial charge in [0, 0.05) is 50.8 Å². The first-order valence-electron chi connectivity index (χ1n) is 6.86. The highest BCUT2D eigenvalue weighted by molar-refractivity contribution is 5.64. The summed E-state index contributed by atoms with van der Waals surface area (Å²) in [6, 6.07) is 5.01. The van der Waals surface area contributed by atoms with Gasteiger partial charge in [-0.25, -0.2) is 0 Å². The van der Waals surface area contributed by atoms with E-state index >= 15 is 0 Å². The third-order valence-electron chi connectivity index (χ3n) is 3.46. The lowest BCUT2D eigenvalue weighted by atomic mass is 10.2. The molecule has 0 saturated heterocycles. The highest BCUT2D eigenvalue weighted by atomic mass is 16.6.